The Hall–Kier alpha value is -0.830. The van der Waals surface area contributed by atoms with Crippen LogP contribution in [-0.2, 0) is 13.2 Å². The van der Waals surface area contributed by atoms with Crippen molar-refractivity contribution in [1.82, 2.24) is 9.55 Å². The van der Waals surface area contributed by atoms with Gasteiger partial charge in [0.05, 0.1) is 24.8 Å². The summed E-state index contributed by atoms with van der Waals surface area (Å²) in [7, 11) is 0. The normalized spacial score (nSPS) is 33.8. The summed E-state index contributed by atoms with van der Waals surface area (Å²) in [6, 6.07) is 0. The van der Waals surface area contributed by atoms with Gasteiger partial charge in [0.2, 0.25) is 0 Å². The van der Waals surface area contributed by atoms with Crippen LogP contribution in [0.25, 0.3) is 0 Å². The molecule has 3 unspecified atom stereocenters. The Bertz CT molecular complexity index is 347. The Balaban J connectivity index is 1.70. The number of hydrogen-bond acceptors (Lipinski definition) is 2. The molecule has 0 amide bonds. The van der Waals surface area contributed by atoms with Crippen LogP contribution in [0, 0.1) is 17.8 Å². The van der Waals surface area contributed by atoms with E-state index in [0.717, 1.165) is 30.0 Å². The highest BCUT2D eigenvalue weighted by molar-refractivity contribution is 4.98. The maximum atomic E-state index is 9.15. The molecule has 3 atom stereocenters. The number of hydrogen-bond donors (Lipinski definition) is 1. The van der Waals surface area contributed by atoms with Crippen LogP contribution in [0.15, 0.2) is 12.5 Å². The third-order valence-electron chi connectivity index (χ3n) is 4.28. The van der Waals surface area contributed by atoms with Gasteiger partial charge in [0.15, 0.2) is 0 Å². The van der Waals surface area contributed by atoms with Gasteiger partial charge in [-0.25, -0.2) is 4.98 Å². The van der Waals surface area contributed by atoms with Crippen molar-refractivity contribution in [3.63, 3.8) is 0 Å². The molecule has 15 heavy (non-hydrogen) atoms. The Morgan fingerprint density at radius 2 is 2.33 bits per heavy atom. The summed E-state index contributed by atoms with van der Waals surface area (Å²) >= 11 is 0. The lowest BCUT2D eigenvalue weighted by atomic mass is 9.89. The lowest BCUT2D eigenvalue weighted by molar-refractivity contribution is 0.254. The van der Waals surface area contributed by atoms with Gasteiger partial charge in [-0.05, 0) is 37.0 Å². The molecule has 0 saturated heterocycles. The number of imidazole rings is 1. The minimum Gasteiger partial charge on any atom is -0.390 e. The van der Waals surface area contributed by atoms with E-state index in [1.54, 1.807) is 6.20 Å². The predicted molar refractivity (Wildman–Crippen MR) is 57.1 cm³/mol. The van der Waals surface area contributed by atoms with Gasteiger partial charge in [-0.1, -0.05) is 6.42 Å². The van der Waals surface area contributed by atoms with Crippen LogP contribution >= 0.6 is 0 Å². The van der Waals surface area contributed by atoms with Crippen molar-refractivity contribution in [3.8, 4) is 0 Å². The van der Waals surface area contributed by atoms with Crippen molar-refractivity contribution in [2.75, 3.05) is 0 Å². The molecule has 0 spiro atoms. The summed E-state index contributed by atoms with van der Waals surface area (Å²) in [5.74, 6) is 2.79. The summed E-state index contributed by atoms with van der Waals surface area (Å²) in [6.07, 6.45) is 9.36. The first kappa shape index (κ1) is 9.40. The first-order valence-corrected chi connectivity index (χ1v) is 5.96. The molecule has 1 heterocycles. The highest BCUT2D eigenvalue weighted by atomic mass is 16.3. The summed E-state index contributed by atoms with van der Waals surface area (Å²) in [6.45, 7) is 1.18. The molecule has 3 rings (SSSR count). The topological polar surface area (TPSA) is 38.1 Å². The minimum absolute atomic E-state index is 0.112. The summed E-state index contributed by atoms with van der Waals surface area (Å²) in [5.41, 5.74) is 0.956. The standard InChI is InChI=1S/C12H18N2O/c15-7-12-5-13-8-14(12)6-11-4-9-1-2-10(11)3-9/h5,8-11,15H,1-4,6-7H2. The van der Waals surface area contributed by atoms with Gasteiger partial charge in [-0.15, -0.1) is 0 Å². The molecule has 3 nitrogen and oxygen atoms in total. The van der Waals surface area contributed by atoms with Crippen molar-refractivity contribution < 1.29 is 5.11 Å². The SMILES string of the molecule is OCc1cncn1CC1CC2CCC1C2. The van der Waals surface area contributed by atoms with Crippen LogP contribution in [0.4, 0.5) is 0 Å². The van der Waals surface area contributed by atoms with E-state index in [2.05, 4.69) is 9.55 Å². The number of aliphatic hydroxyl groups excluding tert-OH is 1. The predicted octanol–water partition coefficient (Wildman–Crippen LogP) is 1.81. The monoisotopic (exact) mass is 206 g/mol. The van der Waals surface area contributed by atoms with Crippen LogP contribution in [-0.4, -0.2) is 14.7 Å². The van der Waals surface area contributed by atoms with Crippen LogP contribution < -0.4 is 0 Å². The van der Waals surface area contributed by atoms with Gasteiger partial charge in [0.25, 0.3) is 0 Å². The molecule has 1 aromatic rings. The van der Waals surface area contributed by atoms with Crippen molar-refractivity contribution in [2.24, 2.45) is 17.8 Å². The molecule has 82 valence electrons. The zero-order valence-electron chi connectivity index (χ0n) is 8.97. The lowest BCUT2D eigenvalue weighted by Gasteiger charge is -2.22. The van der Waals surface area contributed by atoms with E-state index in [9.17, 15) is 0 Å². The third-order valence-corrected chi connectivity index (χ3v) is 4.28. The fraction of sp³-hybridized carbons (Fsp3) is 0.750. The van der Waals surface area contributed by atoms with E-state index >= 15 is 0 Å². The van der Waals surface area contributed by atoms with Crippen molar-refractivity contribution in [2.45, 2.75) is 38.8 Å². The number of aliphatic hydroxyl groups is 1. The second-order valence-electron chi connectivity index (χ2n) is 5.13. The Labute approximate surface area is 90.1 Å². The highest BCUT2D eigenvalue weighted by Crippen LogP contribution is 2.48. The molecule has 3 heteroatoms. The summed E-state index contributed by atoms with van der Waals surface area (Å²) in [5, 5.41) is 9.15. The zero-order chi connectivity index (χ0) is 10.3. The average molecular weight is 206 g/mol. The number of aromatic nitrogens is 2. The maximum absolute atomic E-state index is 9.15. The Morgan fingerprint density at radius 3 is 3.00 bits per heavy atom. The molecule has 2 aliphatic carbocycles. The van der Waals surface area contributed by atoms with Gasteiger partial charge in [0.1, 0.15) is 0 Å². The lowest BCUT2D eigenvalue weighted by Crippen LogP contribution is -2.18. The molecule has 0 radical (unpaired) electrons. The molecule has 1 N–H and O–H groups in total. The minimum atomic E-state index is 0.112. The van der Waals surface area contributed by atoms with Crippen LogP contribution in [0.3, 0.4) is 0 Å². The summed E-state index contributed by atoms with van der Waals surface area (Å²) in [4.78, 5) is 4.10. The van der Waals surface area contributed by atoms with Crippen LogP contribution in [0.5, 0.6) is 0 Å². The molecular formula is C12H18N2O. The van der Waals surface area contributed by atoms with Gasteiger partial charge >= 0.3 is 0 Å². The van der Waals surface area contributed by atoms with Crippen molar-refractivity contribution in [3.05, 3.63) is 18.2 Å². The number of nitrogens with zero attached hydrogens (tertiary/aromatic N) is 2. The number of rotatable bonds is 3. The van der Waals surface area contributed by atoms with E-state index in [1.807, 2.05) is 6.33 Å². The second kappa shape index (κ2) is 3.63. The van der Waals surface area contributed by atoms with Crippen molar-refractivity contribution >= 4 is 0 Å². The quantitative estimate of drug-likeness (QED) is 0.819. The first-order chi connectivity index (χ1) is 7.36. The highest BCUT2D eigenvalue weighted by Gasteiger charge is 2.39. The van der Waals surface area contributed by atoms with Crippen LogP contribution in [0.1, 0.15) is 31.4 Å². The van der Waals surface area contributed by atoms with Gasteiger partial charge in [0, 0.05) is 6.54 Å². The van der Waals surface area contributed by atoms with E-state index in [1.165, 1.54) is 25.7 Å². The van der Waals surface area contributed by atoms with Crippen molar-refractivity contribution in [1.29, 1.82) is 0 Å². The molecule has 0 aliphatic heterocycles. The second-order valence-corrected chi connectivity index (χ2v) is 5.13. The van der Waals surface area contributed by atoms with E-state index < -0.39 is 0 Å². The largest absolute Gasteiger partial charge is 0.390 e. The Kier molecular flexibility index (Phi) is 2.28. The van der Waals surface area contributed by atoms with Gasteiger partial charge in [-0.3, -0.25) is 0 Å². The average Bonchev–Trinajstić information content (AvgIpc) is 2.92. The molecule has 2 bridgehead atoms. The fourth-order valence-electron chi connectivity index (χ4n) is 3.50. The van der Waals surface area contributed by atoms with Gasteiger partial charge < -0.3 is 9.67 Å². The molecule has 1 aromatic heterocycles. The molecule has 2 fully saturated rings. The van der Waals surface area contributed by atoms with Gasteiger partial charge in [-0.2, -0.15) is 0 Å². The number of fused-ring (bicyclic) bond motifs is 2. The van der Waals surface area contributed by atoms with E-state index in [-0.39, 0.29) is 6.61 Å². The third kappa shape index (κ3) is 1.59. The smallest absolute Gasteiger partial charge is 0.0948 e. The maximum Gasteiger partial charge on any atom is 0.0948 e. The van der Waals surface area contributed by atoms with E-state index in [0.29, 0.717) is 0 Å². The first-order valence-electron chi connectivity index (χ1n) is 5.96. The zero-order valence-corrected chi connectivity index (χ0v) is 8.97. The molecular weight excluding hydrogens is 188 g/mol. The van der Waals surface area contributed by atoms with E-state index in [4.69, 9.17) is 5.11 Å². The molecule has 2 aliphatic rings. The molecule has 0 aromatic carbocycles. The summed E-state index contributed by atoms with van der Waals surface area (Å²) < 4.78 is 2.13. The fourth-order valence-corrected chi connectivity index (χ4v) is 3.50. The molecule has 2 saturated carbocycles. The van der Waals surface area contributed by atoms with Crippen LogP contribution in [0.2, 0.25) is 0 Å². The Morgan fingerprint density at radius 1 is 1.40 bits per heavy atom.